The van der Waals surface area contributed by atoms with Crippen molar-refractivity contribution in [3.8, 4) is 0 Å². The molecule has 0 spiro atoms. The summed E-state index contributed by atoms with van der Waals surface area (Å²) < 4.78 is 36.4. The van der Waals surface area contributed by atoms with E-state index < -0.39 is 45.6 Å². The van der Waals surface area contributed by atoms with Crippen molar-refractivity contribution < 1.29 is 37.1 Å². The first-order valence-electron chi connectivity index (χ1n) is 10.9. The second kappa shape index (κ2) is 9.53. The summed E-state index contributed by atoms with van der Waals surface area (Å²) in [5, 5.41) is -0.0452. The van der Waals surface area contributed by atoms with Crippen LogP contribution in [0, 0.1) is 30.6 Å². The number of nitrogens with zero attached hydrogens (tertiary/aromatic N) is 1. The Balaban J connectivity index is 1.37. The van der Waals surface area contributed by atoms with E-state index in [1.54, 1.807) is 12.1 Å². The van der Waals surface area contributed by atoms with Crippen LogP contribution in [0.15, 0.2) is 41.8 Å². The number of benzene rings is 1. The lowest BCUT2D eigenvalue weighted by Crippen LogP contribution is -2.38. The van der Waals surface area contributed by atoms with Gasteiger partial charge < -0.3 is 9.47 Å². The molecule has 4 rings (SSSR count). The van der Waals surface area contributed by atoms with E-state index in [0.717, 1.165) is 11.6 Å². The molecule has 2 aliphatic carbocycles. The predicted octanol–water partition coefficient (Wildman–Crippen LogP) is 1.70. The molecule has 3 aliphatic rings. The first kappa shape index (κ1) is 24.5. The molecule has 5 atom stereocenters. The third kappa shape index (κ3) is 4.38. The maximum Gasteiger partial charge on any atom is 0.330 e. The fourth-order valence-electron chi connectivity index (χ4n) is 5.19. The molecule has 34 heavy (non-hydrogen) atoms. The molecule has 1 heterocycles. The molecule has 1 saturated heterocycles. The average molecular weight is 508 g/mol. The number of hydrogen-bond donors (Lipinski definition) is 0. The van der Waals surface area contributed by atoms with Crippen LogP contribution in [0.4, 0.5) is 0 Å². The van der Waals surface area contributed by atoms with Crippen molar-refractivity contribution in [1.82, 2.24) is 4.31 Å². The number of carbonyl (C=O) groups is 4. The number of fused-ring (bicyclic) bond motifs is 5. The van der Waals surface area contributed by atoms with Crippen molar-refractivity contribution in [2.24, 2.45) is 23.7 Å². The lowest BCUT2D eigenvalue weighted by Gasteiger charge is -2.27. The molecule has 2 bridgehead atoms. The van der Waals surface area contributed by atoms with Crippen molar-refractivity contribution in [3.63, 3.8) is 0 Å². The predicted molar refractivity (Wildman–Crippen MR) is 122 cm³/mol. The topological polar surface area (TPSA) is 124 Å². The number of rotatable bonds is 9. The summed E-state index contributed by atoms with van der Waals surface area (Å²) in [6.45, 7) is 4.95. The van der Waals surface area contributed by atoms with E-state index in [2.05, 4.69) is 6.58 Å². The van der Waals surface area contributed by atoms with Crippen LogP contribution >= 0.6 is 11.8 Å². The fourth-order valence-corrected chi connectivity index (χ4v) is 7.94. The number of carbonyl (C=O) groups excluding carboxylic acids is 4. The van der Waals surface area contributed by atoms with Crippen molar-refractivity contribution in [2.75, 3.05) is 19.0 Å². The zero-order valence-electron chi connectivity index (χ0n) is 18.5. The van der Waals surface area contributed by atoms with Gasteiger partial charge in [-0.1, -0.05) is 24.3 Å². The third-order valence-corrected chi connectivity index (χ3v) is 9.73. The normalized spacial score (nSPS) is 27.6. The van der Waals surface area contributed by atoms with Gasteiger partial charge in [0.25, 0.3) is 10.0 Å². The summed E-state index contributed by atoms with van der Waals surface area (Å²) in [6, 6.07) is 6.04. The fraction of sp³-hybridized carbons (Fsp3) is 0.478. The van der Waals surface area contributed by atoms with Gasteiger partial charge >= 0.3 is 11.9 Å². The molecule has 0 N–H and O–H groups in total. The quantitative estimate of drug-likeness (QED) is 0.213. The number of sulfonamides is 1. The molecule has 3 fully saturated rings. The number of hydrogen-bond acceptors (Lipinski definition) is 9. The molecule has 0 radical (unpaired) electrons. The van der Waals surface area contributed by atoms with Gasteiger partial charge in [-0.25, -0.2) is 13.2 Å². The number of imide groups is 1. The first-order chi connectivity index (χ1) is 16.1. The molecular formula is C23H25NO8S2. The summed E-state index contributed by atoms with van der Waals surface area (Å²) in [5.41, 5.74) is 0.865. The lowest BCUT2D eigenvalue weighted by atomic mass is 9.81. The molecule has 1 aromatic rings. The highest BCUT2D eigenvalue weighted by atomic mass is 32.2. The number of esters is 2. The SMILES string of the molecule is C=CC(=O)OCCOC(=O)CSC1CC2CC1C1C(=O)N(S(=O)(=O)c3ccc(C)cc3)C(=O)C21. The van der Waals surface area contributed by atoms with E-state index >= 15 is 0 Å². The smallest absolute Gasteiger partial charge is 0.330 e. The van der Waals surface area contributed by atoms with Crippen molar-refractivity contribution >= 4 is 45.5 Å². The zero-order valence-corrected chi connectivity index (χ0v) is 20.2. The molecule has 0 aromatic heterocycles. The molecule has 1 aliphatic heterocycles. The van der Waals surface area contributed by atoms with Crippen molar-refractivity contribution in [1.29, 1.82) is 0 Å². The van der Waals surface area contributed by atoms with Crippen LogP contribution in [0.5, 0.6) is 0 Å². The maximum atomic E-state index is 13.2. The summed E-state index contributed by atoms with van der Waals surface area (Å²) in [7, 11) is -4.27. The second-order valence-electron chi connectivity index (χ2n) is 8.65. The minimum atomic E-state index is -4.27. The van der Waals surface area contributed by atoms with Crippen LogP contribution in [-0.4, -0.2) is 60.7 Å². The van der Waals surface area contributed by atoms with Gasteiger partial charge in [-0.05, 0) is 43.7 Å². The highest BCUT2D eigenvalue weighted by Crippen LogP contribution is 2.59. The Kier molecular flexibility index (Phi) is 6.86. The Morgan fingerprint density at radius 1 is 1.09 bits per heavy atom. The number of thioether (sulfide) groups is 1. The highest BCUT2D eigenvalue weighted by Gasteiger charge is 2.66. The molecule has 5 unspecified atom stereocenters. The zero-order chi connectivity index (χ0) is 24.6. The average Bonchev–Trinajstić information content (AvgIpc) is 3.46. The highest BCUT2D eigenvalue weighted by molar-refractivity contribution is 8.00. The van der Waals surface area contributed by atoms with Crippen LogP contribution in [0.25, 0.3) is 0 Å². The van der Waals surface area contributed by atoms with E-state index in [9.17, 15) is 27.6 Å². The van der Waals surface area contributed by atoms with Crippen LogP contribution in [0.2, 0.25) is 0 Å². The summed E-state index contributed by atoms with van der Waals surface area (Å²) in [5.74, 6) is -3.90. The van der Waals surface area contributed by atoms with Gasteiger partial charge in [-0.15, -0.1) is 11.8 Å². The minimum absolute atomic E-state index is 0.0452. The largest absolute Gasteiger partial charge is 0.461 e. The summed E-state index contributed by atoms with van der Waals surface area (Å²) in [4.78, 5) is 49.2. The number of ether oxygens (including phenoxy) is 2. The molecule has 182 valence electrons. The van der Waals surface area contributed by atoms with Gasteiger partial charge in [0.2, 0.25) is 11.8 Å². The Morgan fingerprint density at radius 2 is 1.74 bits per heavy atom. The van der Waals surface area contributed by atoms with Gasteiger partial charge in [0, 0.05) is 11.3 Å². The molecule has 9 nitrogen and oxygen atoms in total. The number of aryl methyl sites for hydroxylation is 1. The molecule has 1 aromatic carbocycles. The van der Waals surface area contributed by atoms with Gasteiger partial charge in [0.05, 0.1) is 22.5 Å². The molecular weight excluding hydrogens is 482 g/mol. The van der Waals surface area contributed by atoms with E-state index in [1.807, 2.05) is 6.92 Å². The van der Waals surface area contributed by atoms with E-state index in [-0.39, 0.29) is 40.9 Å². The van der Waals surface area contributed by atoms with Crippen LogP contribution in [0.3, 0.4) is 0 Å². The first-order valence-corrected chi connectivity index (χ1v) is 13.4. The van der Waals surface area contributed by atoms with Crippen LogP contribution < -0.4 is 0 Å². The third-order valence-electron chi connectivity index (χ3n) is 6.65. The Bertz CT molecular complexity index is 1130. The van der Waals surface area contributed by atoms with E-state index in [0.29, 0.717) is 17.1 Å². The summed E-state index contributed by atoms with van der Waals surface area (Å²) >= 11 is 1.35. The maximum absolute atomic E-state index is 13.2. The monoisotopic (exact) mass is 507 g/mol. The van der Waals surface area contributed by atoms with Crippen LogP contribution in [-0.2, 0) is 38.7 Å². The van der Waals surface area contributed by atoms with Gasteiger partial charge in [-0.2, -0.15) is 4.31 Å². The van der Waals surface area contributed by atoms with Crippen molar-refractivity contribution in [2.45, 2.75) is 29.9 Å². The van der Waals surface area contributed by atoms with Gasteiger partial charge in [0.15, 0.2) is 0 Å². The minimum Gasteiger partial charge on any atom is -0.461 e. The Morgan fingerprint density at radius 3 is 2.41 bits per heavy atom. The summed E-state index contributed by atoms with van der Waals surface area (Å²) in [6.07, 6.45) is 2.32. The van der Waals surface area contributed by atoms with Crippen LogP contribution in [0.1, 0.15) is 18.4 Å². The molecule has 2 amide bonds. The Hall–Kier alpha value is -2.66. The lowest BCUT2D eigenvalue weighted by molar-refractivity contribution is -0.147. The van der Waals surface area contributed by atoms with Gasteiger partial charge in [-0.3, -0.25) is 14.4 Å². The molecule has 11 heteroatoms. The number of amides is 2. The second-order valence-corrected chi connectivity index (χ2v) is 11.7. The molecule has 2 saturated carbocycles. The Labute approximate surface area is 201 Å². The standard InChI is InChI=1S/C23H25NO8S2/c1-3-18(25)31-8-9-32-19(26)12-33-17-11-14-10-16(17)21-20(14)22(27)24(23(21)28)34(29,30)15-6-4-13(2)5-7-15/h3-7,14,16-17,20-21H,1,8-12H2,2H3. The van der Waals surface area contributed by atoms with E-state index in [1.165, 1.54) is 23.9 Å². The van der Waals surface area contributed by atoms with E-state index in [4.69, 9.17) is 9.47 Å². The van der Waals surface area contributed by atoms with Gasteiger partial charge in [0.1, 0.15) is 13.2 Å². The van der Waals surface area contributed by atoms with Crippen molar-refractivity contribution in [3.05, 3.63) is 42.5 Å².